The van der Waals surface area contributed by atoms with Crippen molar-refractivity contribution in [1.82, 2.24) is 0 Å². The normalized spacial score (nSPS) is 24.6. The third kappa shape index (κ3) is 1.10. The van der Waals surface area contributed by atoms with Crippen LogP contribution in [0.1, 0.15) is 0 Å². The fraction of sp³-hybridized carbons (Fsp3) is 0.167. The minimum absolute atomic E-state index is 0.0192. The van der Waals surface area contributed by atoms with Gasteiger partial charge in [-0.25, -0.2) is 9.98 Å². The Morgan fingerprint density at radius 3 is 2.92 bits per heavy atom. The largest absolute Gasteiger partial charge is 0.368 e. The summed E-state index contributed by atoms with van der Waals surface area (Å²) in [5.74, 6) is -0.315. The second-order valence-corrected chi connectivity index (χ2v) is 2.49. The fourth-order valence-corrected chi connectivity index (χ4v) is 1.10. The van der Waals surface area contributed by atoms with Crippen molar-refractivity contribution in [1.29, 1.82) is 0 Å². The van der Waals surface area contributed by atoms with Gasteiger partial charge in [0.25, 0.3) is 5.91 Å². The Bertz CT molecular complexity index is 390. The molecule has 1 unspecified atom stereocenters. The highest BCUT2D eigenvalue weighted by molar-refractivity contribution is 6.48. The number of amides is 1. The lowest BCUT2D eigenvalue weighted by Crippen LogP contribution is -2.41. The lowest BCUT2D eigenvalue weighted by atomic mass is 10.1. The average Bonchev–Trinajstić information content (AvgIpc) is 2.49. The summed E-state index contributed by atoms with van der Waals surface area (Å²) in [6, 6.07) is -0.565. The van der Waals surface area contributed by atoms with Crippen LogP contribution in [0.5, 0.6) is 0 Å². The molecule has 2 aliphatic rings. The van der Waals surface area contributed by atoms with Gasteiger partial charge >= 0.3 is 0 Å². The van der Waals surface area contributed by atoms with Crippen molar-refractivity contribution in [3.8, 4) is 0 Å². The first-order valence-corrected chi connectivity index (χ1v) is 3.50. The van der Waals surface area contributed by atoms with Crippen molar-refractivity contribution in [2.24, 2.45) is 31.4 Å². The first kappa shape index (κ1) is 7.59. The third-order valence-electron chi connectivity index (χ3n) is 1.63. The summed E-state index contributed by atoms with van der Waals surface area (Å²) < 4.78 is 0. The Hall–Kier alpha value is -2.05. The molecule has 0 aromatic rings. The standard InChI is InChI=1S/C6H6N6O/c7-4(13)2-3-5(10-1-9-3)12-6(8)11-2/h1,3H,(H2,7,13)(H2,8,9,10,12). The molecule has 1 amide bonds. The van der Waals surface area contributed by atoms with E-state index in [1.54, 1.807) is 0 Å². The second-order valence-electron chi connectivity index (χ2n) is 2.49. The zero-order valence-corrected chi connectivity index (χ0v) is 6.51. The SMILES string of the molecule is NC(=O)C1=NC(N)=NC2=NC=NC21. The van der Waals surface area contributed by atoms with E-state index in [1.165, 1.54) is 6.34 Å². The van der Waals surface area contributed by atoms with Gasteiger partial charge in [-0.3, -0.25) is 9.79 Å². The number of rotatable bonds is 1. The number of fused-ring (bicyclic) bond motifs is 1. The quantitative estimate of drug-likeness (QED) is 0.485. The number of guanidine groups is 1. The maximum absolute atomic E-state index is 10.9. The third-order valence-corrected chi connectivity index (χ3v) is 1.63. The molecule has 0 spiro atoms. The molecule has 13 heavy (non-hydrogen) atoms. The van der Waals surface area contributed by atoms with Gasteiger partial charge in [-0.1, -0.05) is 0 Å². The molecule has 0 bridgehead atoms. The highest BCUT2D eigenvalue weighted by Crippen LogP contribution is 2.09. The van der Waals surface area contributed by atoms with E-state index in [9.17, 15) is 4.79 Å². The highest BCUT2D eigenvalue weighted by Gasteiger charge is 2.31. The van der Waals surface area contributed by atoms with Crippen LogP contribution >= 0.6 is 0 Å². The molecule has 2 heterocycles. The molecule has 0 saturated heterocycles. The number of hydrogen-bond acceptors (Lipinski definition) is 6. The number of primary amides is 1. The van der Waals surface area contributed by atoms with Crippen LogP contribution in [0.2, 0.25) is 0 Å². The van der Waals surface area contributed by atoms with Crippen LogP contribution in [0, 0.1) is 0 Å². The summed E-state index contributed by atoms with van der Waals surface area (Å²) in [6.45, 7) is 0. The number of nitrogens with zero attached hydrogens (tertiary/aromatic N) is 4. The monoisotopic (exact) mass is 178 g/mol. The zero-order chi connectivity index (χ0) is 9.42. The van der Waals surface area contributed by atoms with Gasteiger partial charge in [-0.15, -0.1) is 0 Å². The van der Waals surface area contributed by atoms with Crippen LogP contribution in [0.4, 0.5) is 0 Å². The summed E-state index contributed by atoms with van der Waals surface area (Å²) >= 11 is 0. The van der Waals surface area contributed by atoms with Gasteiger partial charge in [0.2, 0.25) is 5.96 Å². The molecule has 66 valence electrons. The lowest BCUT2D eigenvalue weighted by molar-refractivity contribution is -0.112. The number of hydrogen-bond donors (Lipinski definition) is 2. The Kier molecular flexibility index (Phi) is 1.44. The van der Waals surface area contributed by atoms with E-state index in [0.29, 0.717) is 5.84 Å². The van der Waals surface area contributed by atoms with Crippen molar-refractivity contribution in [2.45, 2.75) is 6.04 Å². The molecule has 0 aromatic carbocycles. The average molecular weight is 178 g/mol. The van der Waals surface area contributed by atoms with Crippen LogP contribution in [-0.2, 0) is 4.79 Å². The van der Waals surface area contributed by atoms with E-state index in [-0.39, 0.29) is 11.7 Å². The molecule has 4 N–H and O–H groups in total. The van der Waals surface area contributed by atoms with Crippen LogP contribution in [0.3, 0.4) is 0 Å². The van der Waals surface area contributed by atoms with E-state index in [2.05, 4.69) is 20.0 Å². The maximum Gasteiger partial charge on any atom is 0.265 e. The summed E-state index contributed by atoms with van der Waals surface area (Å²) in [5.41, 5.74) is 10.5. The Balaban J connectivity index is 2.47. The van der Waals surface area contributed by atoms with E-state index in [0.717, 1.165) is 0 Å². The topological polar surface area (TPSA) is 119 Å². The minimum atomic E-state index is -0.658. The molecule has 0 radical (unpaired) electrons. The molecular weight excluding hydrogens is 172 g/mol. The first-order valence-electron chi connectivity index (χ1n) is 3.50. The number of amidine groups is 1. The molecule has 7 nitrogen and oxygen atoms in total. The molecule has 0 saturated carbocycles. The summed E-state index contributed by atoms with van der Waals surface area (Å²) in [7, 11) is 0. The van der Waals surface area contributed by atoms with Crippen LogP contribution in [-0.4, -0.2) is 35.8 Å². The van der Waals surface area contributed by atoms with Gasteiger partial charge in [0.1, 0.15) is 12.1 Å². The van der Waals surface area contributed by atoms with E-state index in [4.69, 9.17) is 11.5 Å². The maximum atomic E-state index is 10.9. The summed E-state index contributed by atoms with van der Waals surface area (Å²) in [5, 5.41) is 0. The number of nitrogens with two attached hydrogens (primary N) is 2. The summed E-state index contributed by atoms with van der Waals surface area (Å²) in [4.78, 5) is 26.1. The van der Waals surface area contributed by atoms with Crippen LogP contribution < -0.4 is 11.5 Å². The zero-order valence-electron chi connectivity index (χ0n) is 6.51. The van der Waals surface area contributed by atoms with E-state index in [1.807, 2.05) is 0 Å². The van der Waals surface area contributed by atoms with Gasteiger partial charge in [-0.05, 0) is 0 Å². The predicted molar refractivity (Wildman–Crippen MR) is 48.0 cm³/mol. The first-order chi connectivity index (χ1) is 6.18. The number of carbonyl (C=O) groups excluding carboxylic acids is 1. The Morgan fingerprint density at radius 1 is 1.46 bits per heavy atom. The second kappa shape index (κ2) is 2.47. The fourth-order valence-electron chi connectivity index (χ4n) is 1.10. The van der Waals surface area contributed by atoms with Gasteiger partial charge in [0, 0.05) is 0 Å². The van der Waals surface area contributed by atoms with Crippen LogP contribution in [0.15, 0.2) is 20.0 Å². The smallest absolute Gasteiger partial charge is 0.265 e. The van der Waals surface area contributed by atoms with Gasteiger partial charge in [0.15, 0.2) is 11.9 Å². The van der Waals surface area contributed by atoms with Crippen LogP contribution in [0.25, 0.3) is 0 Å². The Labute approximate surface area is 73.0 Å². The predicted octanol–water partition coefficient (Wildman–Crippen LogP) is -1.95. The van der Waals surface area contributed by atoms with Crippen molar-refractivity contribution >= 4 is 29.8 Å². The van der Waals surface area contributed by atoms with Crippen molar-refractivity contribution in [2.75, 3.05) is 0 Å². The van der Waals surface area contributed by atoms with Gasteiger partial charge in [0.05, 0.1) is 0 Å². The highest BCUT2D eigenvalue weighted by atomic mass is 16.1. The molecule has 2 rings (SSSR count). The molecule has 0 aromatic heterocycles. The molecule has 0 aliphatic carbocycles. The molecule has 1 atom stereocenters. The Morgan fingerprint density at radius 2 is 2.23 bits per heavy atom. The van der Waals surface area contributed by atoms with E-state index >= 15 is 0 Å². The van der Waals surface area contributed by atoms with Crippen molar-refractivity contribution < 1.29 is 4.79 Å². The molecule has 2 aliphatic heterocycles. The molecular formula is C6H6N6O. The van der Waals surface area contributed by atoms with Crippen molar-refractivity contribution in [3.05, 3.63) is 0 Å². The minimum Gasteiger partial charge on any atom is -0.368 e. The number of carbonyl (C=O) groups is 1. The lowest BCUT2D eigenvalue weighted by Gasteiger charge is -2.12. The van der Waals surface area contributed by atoms with Gasteiger partial charge in [-0.2, -0.15) is 4.99 Å². The summed E-state index contributed by atoms with van der Waals surface area (Å²) in [6.07, 6.45) is 1.31. The molecule has 7 heteroatoms. The van der Waals surface area contributed by atoms with Crippen molar-refractivity contribution in [3.63, 3.8) is 0 Å². The number of aliphatic imine (C=N–C) groups is 4. The van der Waals surface area contributed by atoms with E-state index < -0.39 is 11.9 Å². The molecule has 0 fully saturated rings. The van der Waals surface area contributed by atoms with Gasteiger partial charge < -0.3 is 11.5 Å².